The van der Waals surface area contributed by atoms with Crippen LogP contribution in [0.3, 0.4) is 0 Å². The summed E-state index contributed by atoms with van der Waals surface area (Å²) in [6, 6.07) is 0. The fourth-order valence-electron chi connectivity index (χ4n) is 0.716. The lowest BCUT2D eigenvalue weighted by molar-refractivity contribution is 0.115. The van der Waals surface area contributed by atoms with E-state index >= 15 is 0 Å². The van der Waals surface area contributed by atoms with Crippen molar-refractivity contribution in [1.29, 1.82) is 0 Å². The Morgan fingerprint density at radius 1 is 1.00 bits per heavy atom. The maximum atomic E-state index is 12.3. The lowest BCUT2D eigenvalue weighted by Gasteiger charge is -2.12. The van der Waals surface area contributed by atoms with E-state index in [9.17, 15) is 22.1 Å². The van der Waals surface area contributed by atoms with Gasteiger partial charge in [-0.2, -0.15) is 0 Å². The summed E-state index contributed by atoms with van der Waals surface area (Å²) in [6.45, 7) is 0. The first-order valence-corrected chi connectivity index (χ1v) is 6.69. The van der Waals surface area contributed by atoms with Crippen LogP contribution in [-0.4, -0.2) is 24.6 Å². The highest BCUT2D eigenvalue weighted by molar-refractivity contribution is 7.33. The molecular weight excluding hydrogens is 322 g/mol. The van der Waals surface area contributed by atoms with Crippen molar-refractivity contribution in [3.63, 3.8) is 0 Å². The number of halogens is 6. The van der Waals surface area contributed by atoms with E-state index in [-0.39, 0.29) is 11.8 Å². The van der Waals surface area contributed by atoms with E-state index in [0.29, 0.717) is 0 Å². The summed E-state index contributed by atoms with van der Waals surface area (Å²) in [4.78, 5) is 0. The molecule has 0 aliphatic heterocycles. The van der Waals surface area contributed by atoms with Crippen LogP contribution in [-0.2, 0) is 13.6 Å². The highest BCUT2D eigenvalue weighted by Crippen LogP contribution is 2.34. The number of hydrogen-bond acceptors (Lipinski definition) is 3. The second-order valence-corrected chi connectivity index (χ2v) is 4.10. The van der Waals surface area contributed by atoms with Crippen molar-refractivity contribution in [3.05, 3.63) is 23.7 Å². The first-order valence-electron chi connectivity index (χ1n) is 4.40. The Kier molecular flexibility index (Phi) is 9.32. The van der Waals surface area contributed by atoms with Crippen LogP contribution < -0.4 is 0 Å². The van der Waals surface area contributed by atoms with Crippen LogP contribution in [0.15, 0.2) is 23.7 Å². The molecule has 0 radical (unpaired) electrons. The summed E-state index contributed by atoms with van der Waals surface area (Å²) >= 11 is 10.3. The molecule has 0 aromatic rings. The standard InChI is InChI=1S/C8H9Cl2F4O3P/c9-3-1-5(7(11)12)16-18(15)17-6(2-4-10)8(13)14/h1-2,7-8,18H,3-4H2. The van der Waals surface area contributed by atoms with Crippen molar-refractivity contribution in [2.75, 3.05) is 11.8 Å². The molecule has 0 bridgehead atoms. The zero-order valence-corrected chi connectivity index (χ0v) is 11.2. The Bertz CT molecular complexity index is 306. The summed E-state index contributed by atoms with van der Waals surface area (Å²) in [5, 5.41) is 0. The first kappa shape index (κ1) is 17.6. The fourth-order valence-corrected chi connectivity index (χ4v) is 1.79. The second kappa shape index (κ2) is 9.53. The van der Waals surface area contributed by atoms with Crippen LogP contribution in [0.2, 0.25) is 0 Å². The Balaban J connectivity index is 4.58. The predicted molar refractivity (Wildman–Crippen MR) is 60.8 cm³/mol. The zero-order valence-electron chi connectivity index (χ0n) is 8.72. The molecule has 18 heavy (non-hydrogen) atoms. The molecule has 0 aliphatic rings. The van der Waals surface area contributed by atoms with Crippen LogP contribution in [0.4, 0.5) is 17.6 Å². The minimum Gasteiger partial charge on any atom is -0.417 e. The topological polar surface area (TPSA) is 35.5 Å². The maximum Gasteiger partial charge on any atom is 0.418 e. The van der Waals surface area contributed by atoms with Gasteiger partial charge in [0, 0.05) is 11.8 Å². The molecule has 106 valence electrons. The molecule has 0 rings (SSSR count). The SMILES string of the molecule is O=[PH](OC(=CCCl)C(F)F)OC(=CCCl)C(F)F. The second-order valence-electron chi connectivity index (χ2n) is 2.58. The number of rotatable bonds is 8. The molecule has 0 fully saturated rings. The van der Waals surface area contributed by atoms with Gasteiger partial charge in [0.2, 0.25) is 0 Å². The summed E-state index contributed by atoms with van der Waals surface area (Å²) in [6.07, 6.45) is -4.64. The van der Waals surface area contributed by atoms with E-state index in [2.05, 4.69) is 9.05 Å². The average molecular weight is 331 g/mol. The summed E-state index contributed by atoms with van der Waals surface area (Å²) in [5.74, 6) is -2.61. The fraction of sp³-hybridized carbons (Fsp3) is 0.500. The van der Waals surface area contributed by atoms with E-state index in [1.54, 1.807) is 0 Å². The smallest absolute Gasteiger partial charge is 0.417 e. The van der Waals surface area contributed by atoms with Gasteiger partial charge >= 0.3 is 8.25 Å². The number of alkyl halides is 6. The molecule has 0 aliphatic carbocycles. The van der Waals surface area contributed by atoms with Gasteiger partial charge < -0.3 is 9.05 Å². The minimum absolute atomic E-state index is 0.311. The molecule has 3 nitrogen and oxygen atoms in total. The summed E-state index contributed by atoms with van der Waals surface area (Å²) in [5.41, 5.74) is 0. The quantitative estimate of drug-likeness (QED) is 0.290. The first-order chi connectivity index (χ1) is 8.42. The van der Waals surface area contributed by atoms with E-state index in [1.165, 1.54) is 0 Å². The Morgan fingerprint density at radius 3 is 1.56 bits per heavy atom. The molecule has 0 atom stereocenters. The van der Waals surface area contributed by atoms with Crippen molar-refractivity contribution >= 4 is 31.5 Å². The molecule has 10 heteroatoms. The molecule has 0 aromatic heterocycles. The third-order valence-corrected chi connectivity index (χ3v) is 2.50. The van der Waals surface area contributed by atoms with E-state index in [0.717, 1.165) is 12.2 Å². The van der Waals surface area contributed by atoms with Crippen LogP contribution in [0.25, 0.3) is 0 Å². The molecule has 0 N–H and O–H groups in total. The highest BCUT2D eigenvalue weighted by atomic mass is 35.5. The number of hydrogen-bond donors (Lipinski definition) is 0. The van der Waals surface area contributed by atoms with Gasteiger partial charge in [0.15, 0.2) is 11.5 Å². The zero-order chi connectivity index (χ0) is 14.1. The molecule has 0 saturated carbocycles. The monoisotopic (exact) mass is 330 g/mol. The molecule has 0 unspecified atom stereocenters. The van der Waals surface area contributed by atoms with Crippen molar-refractivity contribution < 1.29 is 31.2 Å². The molecule has 0 saturated heterocycles. The average Bonchev–Trinajstić information content (AvgIpc) is 2.27. The normalized spacial score (nSPS) is 15.1. The van der Waals surface area contributed by atoms with Gasteiger partial charge in [-0.1, -0.05) is 0 Å². The Hall–Kier alpha value is -0.390. The van der Waals surface area contributed by atoms with E-state index in [1.807, 2.05) is 0 Å². The Morgan fingerprint density at radius 2 is 1.33 bits per heavy atom. The van der Waals surface area contributed by atoms with Crippen LogP contribution in [0.5, 0.6) is 0 Å². The largest absolute Gasteiger partial charge is 0.418 e. The van der Waals surface area contributed by atoms with Crippen molar-refractivity contribution in [3.8, 4) is 0 Å². The summed E-state index contributed by atoms with van der Waals surface area (Å²) < 4.78 is 68.7. The van der Waals surface area contributed by atoms with Gasteiger partial charge in [-0.05, 0) is 12.2 Å². The van der Waals surface area contributed by atoms with Crippen LogP contribution in [0.1, 0.15) is 0 Å². The van der Waals surface area contributed by atoms with Gasteiger partial charge in [0.25, 0.3) is 12.9 Å². The third kappa shape index (κ3) is 7.13. The van der Waals surface area contributed by atoms with Gasteiger partial charge in [0.05, 0.1) is 0 Å². The maximum absolute atomic E-state index is 12.3. The van der Waals surface area contributed by atoms with Gasteiger partial charge in [-0.15, -0.1) is 23.2 Å². The molecule has 0 amide bonds. The Labute approximate surface area is 111 Å². The molecule has 0 spiro atoms. The lowest BCUT2D eigenvalue weighted by Crippen LogP contribution is -2.02. The van der Waals surface area contributed by atoms with Gasteiger partial charge in [-0.25, -0.2) is 22.1 Å². The van der Waals surface area contributed by atoms with Crippen LogP contribution in [0, 0.1) is 0 Å². The number of allylic oxidation sites excluding steroid dienone is 4. The highest BCUT2D eigenvalue weighted by Gasteiger charge is 2.20. The third-order valence-electron chi connectivity index (χ3n) is 1.39. The van der Waals surface area contributed by atoms with Crippen molar-refractivity contribution in [1.82, 2.24) is 0 Å². The van der Waals surface area contributed by atoms with E-state index < -0.39 is 32.6 Å². The van der Waals surface area contributed by atoms with Crippen LogP contribution >= 0.6 is 31.5 Å². The van der Waals surface area contributed by atoms with Gasteiger partial charge in [-0.3, -0.25) is 0 Å². The molecule has 0 heterocycles. The lowest BCUT2D eigenvalue weighted by atomic mass is 10.5. The predicted octanol–water partition coefficient (Wildman–Crippen LogP) is 4.18. The summed E-state index contributed by atoms with van der Waals surface area (Å²) in [7, 11) is -3.58. The van der Waals surface area contributed by atoms with Crippen molar-refractivity contribution in [2.24, 2.45) is 0 Å². The molecular formula is C8H9Cl2F4O3P. The van der Waals surface area contributed by atoms with E-state index in [4.69, 9.17) is 23.2 Å². The molecule has 0 aromatic carbocycles. The minimum atomic E-state index is -3.58. The van der Waals surface area contributed by atoms with Gasteiger partial charge in [0.1, 0.15) is 0 Å². The van der Waals surface area contributed by atoms with Crippen molar-refractivity contribution in [2.45, 2.75) is 12.9 Å².